The molecule has 3 aromatic rings. The molecule has 0 spiro atoms. The van der Waals surface area contributed by atoms with E-state index in [1.807, 2.05) is 35.8 Å². The number of hydrogen-bond donors (Lipinski definition) is 1. The van der Waals surface area contributed by atoms with Crippen molar-refractivity contribution >= 4 is 46.0 Å². The van der Waals surface area contributed by atoms with E-state index in [9.17, 15) is 5.11 Å². The van der Waals surface area contributed by atoms with Crippen molar-refractivity contribution in [1.29, 1.82) is 0 Å². The van der Waals surface area contributed by atoms with Gasteiger partial charge >= 0.3 is 0 Å². The molecule has 0 saturated carbocycles. The SMILES string of the molecule is CCn1c(C(C)(O)CSCc2ccc(OC)cc2)nc2cc(Cl)c(Cl)cc21. The average Bonchev–Trinajstić information content (AvgIpc) is 3.01. The van der Waals surface area contributed by atoms with Crippen LogP contribution in [0.4, 0.5) is 0 Å². The Morgan fingerprint density at radius 3 is 2.48 bits per heavy atom. The van der Waals surface area contributed by atoms with Crippen molar-refractivity contribution < 1.29 is 9.84 Å². The van der Waals surface area contributed by atoms with Gasteiger partial charge in [0.1, 0.15) is 17.2 Å². The molecule has 27 heavy (non-hydrogen) atoms. The molecule has 0 bridgehead atoms. The van der Waals surface area contributed by atoms with Crippen LogP contribution in [0.15, 0.2) is 36.4 Å². The zero-order chi connectivity index (χ0) is 19.6. The Morgan fingerprint density at radius 2 is 1.85 bits per heavy atom. The fraction of sp³-hybridized carbons (Fsp3) is 0.350. The number of benzene rings is 2. The van der Waals surface area contributed by atoms with Crippen LogP contribution in [0.1, 0.15) is 25.2 Å². The minimum Gasteiger partial charge on any atom is -0.497 e. The zero-order valence-corrected chi connectivity index (χ0v) is 17.8. The number of thioether (sulfide) groups is 1. The Morgan fingerprint density at radius 1 is 1.19 bits per heavy atom. The molecule has 3 rings (SSSR count). The van der Waals surface area contributed by atoms with E-state index < -0.39 is 5.60 Å². The zero-order valence-electron chi connectivity index (χ0n) is 15.5. The van der Waals surface area contributed by atoms with Crippen molar-refractivity contribution in [2.75, 3.05) is 12.9 Å². The monoisotopic (exact) mass is 424 g/mol. The molecule has 0 aliphatic rings. The van der Waals surface area contributed by atoms with E-state index in [0.717, 1.165) is 22.5 Å². The molecule has 1 aromatic heterocycles. The van der Waals surface area contributed by atoms with Gasteiger partial charge in [0.25, 0.3) is 0 Å². The molecule has 7 heteroatoms. The number of halogens is 2. The number of aryl methyl sites for hydroxylation is 1. The van der Waals surface area contributed by atoms with Crippen molar-refractivity contribution in [3.63, 3.8) is 0 Å². The predicted octanol–water partition coefficient (Wildman–Crippen LogP) is 5.51. The number of fused-ring (bicyclic) bond motifs is 1. The van der Waals surface area contributed by atoms with Gasteiger partial charge in [0.15, 0.2) is 0 Å². The maximum absolute atomic E-state index is 11.1. The van der Waals surface area contributed by atoms with Crippen LogP contribution >= 0.6 is 35.0 Å². The van der Waals surface area contributed by atoms with Crippen molar-refractivity contribution in [3.8, 4) is 5.75 Å². The van der Waals surface area contributed by atoms with Gasteiger partial charge in [-0.1, -0.05) is 35.3 Å². The molecule has 1 unspecified atom stereocenters. The van der Waals surface area contributed by atoms with Crippen LogP contribution in [-0.4, -0.2) is 27.5 Å². The molecule has 2 aromatic carbocycles. The Hall–Kier alpha value is -1.40. The second kappa shape index (κ2) is 8.31. The number of ether oxygens (including phenoxy) is 1. The third-order valence-corrected chi connectivity index (χ3v) is 6.42. The second-order valence-corrected chi connectivity index (χ2v) is 8.35. The Labute approximate surface area is 173 Å². The van der Waals surface area contributed by atoms with Crippen LogP contribution in [0.25, 0.3) is 11.0 Å². The van der Waals surface area contributed by atoms with E-state index in [-0.39, 0.29) is 0 Å². The fourth-order valence-corrected chi connectivity index (χ4v) is 4.38. The standard InChI is InChI=1S/C20H22Cl2N2O2S/c1-4-24-18-10-16(22)15(21)9-17(18)23-19(24)20(2,25)12-27-11-13-5-7-14(26-3)8-6-13/h5-10,25H,4,11-12H2,1-3H3. The topological polar surface area (TPSA) is 47.3 Å². The maximum Gasteiger partial charge on any atom is 0.142 e. The number of aromatic nitrogens is 2. The van der Waals surface area contributed by atoms with Gasteiger partial charge in [-0.25, -0.2) is 4.98 Å². The van der Waals surface area contributed by atoms with Crippen molar-refractivity contribution in [2.45, 2.75) is 31.7 Å². The molecule has 0 saturated heterocycles. The number of rotatable bonds is 7. The van der Waals surface area contributed by atoms with Gasteiger partial charge in [-0.15, -0.1) is 0 Å². The third kappa shape index (κ3) is 4.37. The molecule has 1 atom stereocenters. The van der Waals surface area contributed by atoms with E-state index in [2.05, 4.69) is 4.98 Å². The first kappa shape index (κ1) is 20.3. The van der Waals surface area contributed by atoms with Gasteiger partial charge in [0, 0.05) is 18.1 Å². The van der Waals surface area contributed by atoms with Crippen LogP contribution in [-0.2, 0) is 17.9 Å². The van der Waals surface area contributed by atoms with Gasteiger partial charge < -0.3 is 14.4 Å². The highest BCUT2D eigenvalue weighted by atomic mass is 35.5. The Balaban J connectivity index is 1.79. The molecule has 144 valence electrons. The van der Waals surface area contributed by atoms with Crippen molar-refractivity contribution in [1.82, 2.24) is 9.55 Å². The highest BCUT2D eigenvalue weighted by molar-refractivity contribution is 7.98. The maximum atomic E-state index is 11.1. The van der Waals surface area contributed by atoms with Gasteiger partial charge in [-0.05, 0) is 43.7 Å². The Bertz CT molecular complexity index is 939. The summed E-state index contributed by atoms with van der Waals surface area (Å²) in [5.74, 6) is 2.78. The second-order valence-electron chi connectivity index (χ2n) is 6.55. The van der Waals surface area contributed by atoms with Crippen LogP contribution in [0.3, 0.4) is 0 Å². The highest BCUT2D eigenvalue weighted by Gasteiger charge is 2.30. The molecule has 0 amide bonds. The van der Waals surface area contributed by atoms with Gasteiger partial charge in [-0.3, -0.25) is 0 Å². The summed E-state index contributed by atoms with van der Waals surface area (Å²) < 4.78 is 7.17. The lowest BCUT2D eigenvalue weighted by molar-refractivity contribution is 0.0707. The van der Waals surface area contributed by atoms with Crippen molar-refractivity contribution in [2.24, 2.45) is 0 Å². The molecule has 1 heterocycles. The van der Waals surface area contributed by atoms with Gasteiger partial charge in [-0.2, -0.15) is 11.8 Å². The minimum atomic E-state index is -1.08. The summed E-state index contributed by atoms with van der Waals surface area (Å²) in [6.45, 7) is 4.50. The molecular weight excluding hydrogens is 403 g/mol. The predicted molar refractivity (Wildman–Crippen MR) is 114 cm³/mol. The summed E-state index contributed by atoms with van der Waals surface area (Å²) in [6.07, 6.45) is 0. The number of imidazole rings is 1. The van der Waals surface area contributed by atoms with Crippen molar-refractivity contribution in [3.05, 3.63) is 57.8 Å². The first-order valence-corrected chi connectivity index (χ1v) is 10.6. The van der Waals surface area contributed by atoms with E-state index in [4.69, 9.17) is 27.9 Å². The number of aliphatic hydroxyl groups is 1. The van der Waals surface area contributed by atoms with E-state index in [0.29, 0.717) is 28.2 Å². The average molecular weight is 425 g/mol. The fourth-order valence-electron chi connectivity index (χ4n) is 3.01. The summed E-state index contributed by atoms with van der Waals surface area (Å²) in [5, 5.41) is 12.1. The molecule has 0 aliphatic heterocycles. The van der Waals surface area contributed by atoms with Gasteiger partial charge in [0.05, 0.1) is 28.2 Å². The first-order chi connectivity index (χ1) is 12.9. The van der Waals surface area contributed by atoms with E-state index in [1.54, 1.807) is 37.9 Å². The first-order valence-electron chi connectivity index (χ1n) is 8.64. The van der Waals surface area contributed by atoms with E-state index in [1.165, 1.54) is 5.56 Å². The van der Waals surface area contributed by atoms with Crippen LogP contribution < -0.4 is 4.74 Å². The third-order valence-electron chi connectivity index (χ3n) is 4.40. The quantitative estimate of drug-likeness (QED) is 0.542. The van der Waals surface area contributed by atoms with Gasteiger partial charge in [0.2, 0.25) is 0 Å². The molecule has 4 nitrogen and oxygen atoms in total. The summed E-state index contributed by atoms with van der Waals surface area (Å²) in [6, 6.07) is 11.5. The lowest BCUT2D eigenvalue weighted by Gasteiger charge is -2.23. The molecule has 0 fully saturated rings. The number of methoxy groups -OCH3 is 1. The summed E-state index contributed by atoms with van der Waals surface area (Å²) in [4.78, 5) is 4.65. The molecule has 0 aliphatic carbocycles. The summed E-state index contributed by atoms with van der Waals surface area (Å²) in [5.41, 5.74) is 1.72. The lowest BCUT2D eigenvalue weighted by atomic mass is 10.1. The van der Waals surface area contributed by atoms with Crippen LogP contribution in [0.5, 0.6) is 5.75 Å². The molecule has 1 N–H and O–H groups in total. The Kier molecular flexibility index (Phi) is 6.26. The largest absolute Gasteiger partial charge is 0.497 e. The number of hydrogen-bond acceptors (Lipinski definition) is 4. The summed E-state index contributed by atoms with van der Waals surface area (Å²) in [7, 11) is 1.65. The molecule has 0 radical (unpaired) electrons. The lowest BCUT2D eigenvalue weighted by Crippen LogP contribution is -2.29. The highest BCUT2D eigenvalue weighted by Crippen LogP contribution is 2.33. The number of nitrogens with zero attached hydrogens (tertiary/aromatic N) is 2. The summed E-state index contributed by atoms with van der Waals surface area (Å²) >= 11 is 13.9. The molecular formula is C20H22Cl2N2O2S. The van der Waals surface area contributed by atoms with Crippen LogP contribution in [0, 0.1) is 0 Å². The smallest absolute Gasteiger partial charge is 0.142 e. The van der Waals surface area contributed by atoms with E-state index >= 15 is 0 Å². The van der Waals surface area contributed by atoms with Crippen LogP contribution in [0.2, 0.25) is 10.0 Å². The normalized spacial score (nSPS) is 13.7. The minimum absolute atomic E-state index is 0.463.